The lowest BCUT2D eigenvalue weighted by Gasteiger charge is -2.35. The summed E-state index contributed by atoms with van der Waals surface area (Å²) in [6, 6.07) is 15.1. The van der Waals surface area contributed by atoms with Crippen LogP contribution in [0.4, 0.5) is 5.69 Å². The Labute approximate surface area is 167 Å². The summed E-state index contributed by atoms with van der Waals surface area (Å²) in [6.07, 6.45) is 5.45. The highest BCUT2D eigenvalue weighted by molar-refractivity contribution is 5.91. The molecule has 4 nitrogen and oxygen atoms in total. The Bertz CT molecular complexity index is 994. The van der Waals surface area contributed by atoms with Crippen molar-refractivity contribution in [3.05, 3.63) is 48.0 Å². The Morgan fingerprint density at radius 1 is 1.04 bits per heavy atom. The molecule has 0 radical (unpaired) electrons. The van der Waals surface area contributed by atoms with Gasteiger partial charge in [0, 0.05) is 31.7 Å². The molecule has 3 aromatic rings. The Morgan fingerprint density at radius 2 is 1.75 bits per heavy atom. The molecule has 2 heterocycles. The number of terminal acetylenes is 1. The molecule has 1 aliphatic heterocycles. The Morgan fingerprint density at radius 3 is 2.39 bits per heavy atom. The highest BCUT2D eigenvalue weighted by Crippen LogP contribution is 2.30. The zero-order chi connectivity index (χ0) is 19.7. The third-order valence-corrected chi connectivity index (χ3v) is 5.54. The van der Waals surface area contributed by atoms with Gasteiger partial charge < -0.3 is 9.88 Å². The first-order valence-electron chi connectivity index (χ1n) is 9.96. The highest BCUT2D eigenvalue weighted by Gasteiger charge is 2.20. The summed E-state index contributed by atoms with van der Waals surface area (Å²) in [5, 5.41) is 0. The van der Waals surface area contributed by atoms with E-state index in [-0.39, 0.29) is 5.41 Å². The molecule has 2 aromatic carbocycles. The van der Waals surface area contributed by atoms with E-state index < -0.39 is 0 Å². The van der Waals surface area contributed by atoms with E-state index in [9.17, 15) is 0 Å². The predicted molar refractivity (Wildman–Crippen MR) is 118 cm³/mol. The van der Waals surface area contributed by atoms with Crippen molar-refractivity contribution in [2.75, 3.05) is 37.6 Å². The van der Waals surface area contributed by atoms with E-state index in [1.54, 1.807) is 0 Å². The molecule has 1 aliphatic rings. The molecule has 4 rings (SSSR count). The summed E-state index contributed by atoms with van der Waals surface area (Å²) in [7, 11) is 0. The molecule has 0 aliphatic carbocycles. The largest absolute Gasteiger partial charge is 0.367 e. The first-order valence-corrected chi connectivity index (χ1v) is 9.96. The lowest BCUT2D eigenvalue weighted by atomic mass is 9.87. The van der Waals surface area contributed by atoms with Gasteiger partial charge in [0.15, 0.2) is 0 Å². The molecule has 0 saturated carbocycles. The van der Waals surface area contributed by atoms with Crippen molar-refractivity contribution >= 4 is 16.7 Å². The van der Waals surface area contributed by atoms with E-state index in [1.165, 1.54) is 11.3 Å². The van der Waals surface area contributed by atoms with Crippen LogP contribution in [0.15, 0.2) is 42.5 Å². The number of para-hydroxylation sites is 1. The fourth-order valence-electron chi connectivity index (χ4n) is 3.81. The van der Waals surface area contributed by atoms with Crippen molar-refractivity contribution in [2.24, 2.45) is 0 Å². The zero-order valence-electron chi connectivity index (χ0n) is 17.0. The Hall–Kier alpha value is -2.77. The van der Waals surface area contributed by atoms with Crippen molar-refractivity contribution < 1.29 is 0 Å². The van der Waals surface area contributed by atoms with Crippen LogP contribution in [0, 0.1) is 12.3 Å². The minimum absolute atomic E-state index is 0.154. The average Bonchev–Trinajstić information content (AvgIpc) is 3.13. The number of H-pyrrole nitrogens is 1. The van der Waals surface area contributed by atoms with Crippen molar-refractivity contribution in [1.82, 2.24) is 14.9 Å². The summed E-state index contributed by atoms with van der Waals surface area (Å²) >= 11 is 0. The molecule has 4 heteroatoms. The second-order valence-electron chi connectivity index (χ2n) is 8.55. The molecule has 1 aromatic heterocycles. The Kier molecular flexibility index (Phi) is 4.87. The normalized spacial score (nSPS) is 15.7. The number of anilines is 1. The minimum Gasteiger partial charge on any atom is -0.367 e. The number of fused-ring (bicyclic) bond motifs is 1. The molecule has 0 unspecified atom stereocenters. The molecule has 0 amide bonds. The molecule has 1 fully saturated rings. The number of aromatic amines is 1. The van der Waals surface area contributed by atoms with E-state index in [2.05, 4.69) is 83.9 Å². The summed E-state index contributed by atoms with van der Waals surface area (Å²) < 4.78 is 0. The second kappa shape index (κ2) is 7.33. The van der Waals surface area contributed by atoms with Crippen molar-refractivity contribution in [3.63, 3.8) is 0 Å². The van der Waals surface area contributed by atoms with Crippen LogP contribution < -0.4 is 4.90 Å². The van der Waals surface area contributed by atoms with Gasteiger partial charge in [-0.05, 0) is 23.1 Å². The van der Waals surface area contributed by atoms with Gasteiger partial charge in [0.25, 0.3) is 0 Å². The number of nitrogens with zero attached hydrogens (tertiary/aromatic N) is 3. The number of piperazine rings is 1. The summed E-state index contributed by atoms with van der Waals surface area (Å²) in [4.78, 5) is 13.2. The third kappa shape index (κ3) is 3.63. The fraction of sp³-hybridized carbons (Fsp3) is 0.375. The number of imidazole rings is 1. The molecule has 28 heavy (non-hydrogen) atoms. The number of benzene rings is 2. The van der Waals surface area contributed by atoms with E-state index in [0.717, 1.165) is 55.1 Å². The molecule has 144 valence electrons. The smallest absolute Gasteiger partial charge is 0.138 e. The van der Waals surface area contributed by atoms with Crippen molar-refractivity contribution in [1.29, 1.82) is 0 Å². The van der Waals surface area contributed by atoms with E-state index in [0.29, 0.717) is 0 Å². The first-order chi connectivity index (χ1) is 13.5. The van der Waals surface area contributed by atoms with Crippen LogP contribution >= 0.6 is 0 Å². The molecular weight excluding hydrogens is 344 g/mol. The van der Waals surface area contributed by atoms with Gasteiger partial charge in [-0.15, -0.1) is 6.42 Å². The van der Waals surface area contributed by atoms with Gasteiger partial charge in [-0.1, -0.05) is 57.0 Å². The molecule has 0 bridgehead atoms. The number of rotatable bonds is 3. The van der Waals surface area contributed by atoms with Crippen LogP contribution in [-0.2, 0) is 5.41 Å². The van der Waals surface area contributed by atoms with Gasteiger partial charge >= 0.3 is 0 Å². The summed E-state index contributed by atoms with van der Waals surface area (Å²) in [5.74, 6) is 3.67. The Balaban J connectivity index is 1.62. The van der Waals surface area contributed by atoms with Crippen molar-refractivity contribution in [3.8, 4) is 23.7 Å². The standard InChI is InChI=1S/C24H28N4/c1-5-13-27-14-16-28(17-15-27)21-8-6-7-20-22(21)26-23(25-20)18-9-11-19(12-10-18)24(2,3)4/h1,6-12H,13-17H2,2-4H3,(H,25,26). The van der Waals surface area contributed by atoms with Crippen LogP contribution in [0.25, 0.3) is 22.4 Å². The molecule has 1 N–H and O–H groups in total. The molecule has 0 spiro atoms. The van der Waals surface area contributed by atoms with Crippen molar-refractivity contribution in [2.45, 2.75) is 26.2 Å². The summed E-state index contributed by atoms with van der Waals surface area (Å²) in [5.41, 5.74) is 5.93. The number of hydrogen-bond donors (Lipinski definition) is 1. The van der Waals surface area contributed by atoms with Gasteiger partial charge in [0.1, 0.15) is 11.3 Å². The average molecular weight is 373 g/mol. The zero-order valence-corrected chi connectivity index (χ0v) is 17.0. The first kappa shape index (κ1) is 18.6. The van der Waals surface area contributed by atoms with E-state index in [1.807, 2.05) is 0 Å². The predicted octanol–water partition coefficient (Wildman–Crippen LogP) is 4.28. The number of aromatic nitrogens is 2. The third-order valence-electron chi connectivity index (χ3n) is 5.54. The minimum atomic E-state index is 0.154. The SMILES string of the molecule is C#CCN1CCN(c2cccc3[nH]c(-c4ccc(C(C)(C)C)cc4)nc23)CC1. The van der Waals surface area contributed by atoms with Crippen LogP contribution in [-0.4, -0.2) is 47.6 Å². The van der Waals surface area contributed by atoms with Crippen LogP contribution in [0.2, 0.25) is 0 Å². The number of hydrogen-bond acceptors (Lipinski definition) is 3. The van der Waals surface area contributed by atoms with Crippen LogP contribution in [0.3, 0.4) is 0 Å². The lowest BCUT2D eigenvalue weighted by molar-refractivity contribution is 0.288. The van der Waals surface area contributed by atoms with Crippen LogP contribution in [0.1, 0.15) is 26.3 Å². The van der Waals surface area contributed by atoms with Crippen LogP contribution in [0.5, 0.6) is 0 Å². The molecule has 0 atom stereocenters. The molecular formula is C24H28N4. The van der Waals surface area contributed by atoms with Gasteiger partial charge in [-0.3, -0.25) is 4.90 Å². The lowest BCUT2D eigenvalue weighted by Crippen LogP contribution is -2.46. The fourth-order valence-corrected chi connectivity index (χ4v) is 3.81. The molecule has 1 saturated heterocycles. The monoisotopic (exact) mass is 372 g/mol. The second-order valence-corrected chi connectivity index (χ2v) is 8.55. The van der Waals surface area contributed by atoms with Gasteiger partial charge in [-0.25, -0.2) is 4.98 Å². The maximum Gasteiger partial charge on any atom is 0.138 e. The van der Waals surface area contributed by atoms with Gasteiger partial charge in [0.05, 0.1) is 17.7 Å². The topological polar surface area (TPSA) is 35.2 Å². The van der Waals surface area contributed by atoms with E-state index in [4.69, 9.17) is 11.4 Å². The summed E-state index contributed by atoms with van der Waals surface area (Å²) in [6.45, 7) is 11.4. The number of nitrogens with one attached hydrogen (secondary N) is 1. The maximum absolute atomic E-state index is 5.45. The van der Waals surface area contributed by atoms with Gasteiger partial charge in [-0.2, -0.15) is 0 Å². The highest BCUT2D eigenvalue weighted by atomic mass is 15.3. The van der Waals surface area contributed by atoms with Gasteiger partial charge in [0.2, 0.25) is 0 Å². The quantitative estimate of drug-likeness (QED) is 0.697. The maximum atomic E-state index is 5.45. The van der Waals surface area contributed by atoms with E-state index >= 15 is 0 Å².